The number of unbranched alkanes of at least 4 members (excludes halogenated alkanes) is 1. The van der Waals surface area contributed by atoms with Crippen molar-refractivity contribution in [2.75, 3.05) is 19.7 Å². The predicted octanol–water partition coefficient (Wildman–Crippen LogP) is 4.72. The summed E-state index contributed by atoms with van der Waals surface area (Å²) in [5.74, 6) is 1.37. The summed E-state index contributed by atoms with van der Waals surface area (Å²) in [6, 6.07) is 4.67. The minimum absolute atomic E-state index is 0.0207. The fourth-order valence-corrected chi connectivity index (χ4v) is 5.30. The number of hydrogen-bond donors (Lipinski definition) is 4. The Labute approximate surface area is 250 Å². The van der Waals surface area contributed by atoms with Crippen molar-refractivity contribution in [3.63, 3.8) is 0 Å². The minimum Gasteiger partial charge on any atom is -0.493 e. The molecule has 0 heterocycles. The number of benzene rings is 1. The molecule has 7 nitrogen and oxygen atoms in total. The van der Waals surface area contributed by atoms with E-state index in [9.17, 15) is 19.1 Å². The maximum Gasteiger partial charge on any atom is 0.221 e. The van der Waals surface area contributed by atoms with Gasteiger partial charge in [-0.2, -0.15) is 0 Å². The molecule has 1 aromatic carbocycles. The van der Waals surface area contributed by atoms with Crippen LogP contribution in [0.2, 0.25) is 0 Å². The quantitative estimate of drug-likeness (QED) is 0.139. The third-order valence-electron chi connectivity index (χ3n) is 8.52. The smallest absolute Gasteiger partial charge is 0.221 e. The molecule has 0 spiro atoms. The number of ether oxygens (including phenoxy) is 1. The first-order valence-corrected chi connectivity index (χ1v) is 15.3. The highest BCUT2D eigenvalue weighted by Gasteiger charge is 2.46. The van der Waals surface area contributed by atoms with Gasteiger partial charge in [0.1, 0.15) is 11.6 Å². The van der Waals surface area contributed by atoms with E-state index >= 15 is 0 Å². The van der Waals surface area contributed by atoms with Crippen LogP contribution < -0.4 is 21.1 Å². The van der Waals surface area contributed by atoms with Gasteiger partial charge in [-0.05, 0) is 86.5 Å². The number of primary amides is 1. The topological polar surface area (TPSA) is 114 Å². The number of aryl methyl sites for hydroxylation is 1. The number of rotatable bonds is 19. The number of terminal acetylenes is 1. The summed E-state index contributed by atoms with van der Waals surface area (Å²) < 4.78 is 20.0. The number of aliphatic hydroxyl groups is 1. The number of nitrogens with two attached hydrogens (primary N) is 1. The highest BCUT2D eigenvalue weighted by Crippen LogP contribution is 2.47. The molecule has 0 aliphatic heterocycles. The lowest BCUT2D eigenvalue weighted by Crippen LogP contribution is -2.39. The van der Waals surface area contributed by atoms with Crippen molar-refractivity contribution in [2.24, 2.45) is 17.1 Å². The van der Waals surface area contributed by atoms with Crippen molar-refractivity contribution in [3.8, 4) is 18.1 Å². The first kappa shape index (κ1) is 33.4. The fourth-order valence-electron chi connectivity index (χ4n) is 5.30. The fraction of sp³-hybridized carbons (Fsp3) is 0.588. The molecule has 0 aromatic heterocycles. The molecule has 2 aliphatic rings. The molecule has 0 radical (unpaired) electrons. The van der Waals surface area contributed by atoms with Crippen LogP contribution in [0.15, 0.2) is 42.0 Å². The van der Waals surface area contributed by atoms with Gasteiger partial charge in [0.25, 0.3) is 0 Å². The van der Waals surface area contributed by atoms with Gasteiger partial charge < -0.3 is 26.2 Å². The summed E-state index contributed by atoms with van der Waals surface area (Å²) in [7, 11) is 0. The zero-order chi connectivity index (χ0) is 30.6. The van der Waals surface area contributed by atoms with Crippen LogP contribution in [0.4, 0.5) is 4.39 Å². The summed E-state index contributed by atoms with van der Waals surface area (Å²) in [4.78, 5) is 23.3. The second-order valence-corrected chi connectivity index (χ2v) is 12.1. The van der Waals surface area contributed by atoms with Crippen LogP contribution in [0.5, 0.6) is 5.75 Å². The van der Waals surface area contributed by atoms with Gasteiger partial charge in [-0.1, -0.05) is 32.1 Å². The number of aliphatic hydroxyl groups excluding tert-OH is 1. The van der Waals surface area contributed by atoms with Gasteiger partial charge in [-0.3, -0.25) is 9.59 Å². The Kier molecular flexibility index (Phi) is 12.6. The SMILES string of the molecule is C#CCC(CCC(=O)NCCCCOc1cc(F)cc(CC[C@H](O)CNC2(C3=CC(C)(CC)CC=C3)CC2)c1)C(N)=O. The number of carbonyl (C=O) groups excluding carboxylic acids is 2. The highest BCUT2D eigenvalue weighted by atomic mass is 19.1. The largest absolute Gasteiger partial charge is 0.493 e. The average molecular weight is 582 g/mol. The summed E-state index contributed by atoms with van der Waals surface area (Å²) in [6.45, 7) is 5.89. The van der Waals surface area contributed by atoms with Crippen LogP contribution in [-0.2, 0) is 16.0 Å². The summed E-state index contributed by atoms with van der Waals surface area (Å²) in [5.41, 5.74) is 7.61. The summed E-state index contributed by atoms with van der Waals surface area (Å²) >= 11 is 0. The van der Waals surface area contributed by atoms with Gasteiger partial charge in [0, 0.05) is 43.5 Å². The Balaban J connectivity index is 1.34. The normalized spacial score (nSPS) is 20.2. The van der Waals surface area contributed by atoms with E-state index in [2.05, 4.69) is 48.6 Å². The molecular formula is C34H48FN3O4. The highest BCUT2D eigenvalue weighted by molar-refractivity contribution is 5.79. The van der Waals surface area contributed by atoms with Crippen molar-refractivity contribution >= 4 is 11.8 Å². The zero-order valence-corrected chi connectivity index (χ0v) is 25.2. The molecule has 2 aliphatic carbocycles. The number of carbonyl (C=O) groups is 2. The number of allylic oxidation sites excluding steroid dienone is 2. The summed E-state index contributed by atoms with van der Waals surface area (Å²) in [6.07, 6.45) is 19.2. The predicted molar refractivity (Wildman–Crippen MR) is 164 cm³/mol. The molecule has 3 rings (SSSR count). The lowest BCUT2D eigenvalue weighted by molar-refractivity contribution is -0.123. The van der Waals surface area contributed by atoms with E-state index < -0.39 is 17.9 Å². The molecule has 3 atom stereocenters. The van der Waals surface area contributed by atoms with Crippen molar-refractivity contribution in [3.05, 3.63) is 53.4 Å². The van der Waals surface area contributed by atoms with E-state index in [0.717, 1.165) is 31.2 Å². The Hall–Kier alpha value is -3.15. The van der Waals surface area contributed by atoms with Crippen LogP contribution in [0.25, 0.3) is 0 Å². The van der Waals surface area contributed by atoms with E-state index in [0.29, 0.717) is 57.6 Å². The van der Waals surface area contributed by atoms with E-state index in [1.807, 2.05) is 6.07 Å². The molecule has 42 heavy (non-hydrogen) atoms. The number of nitrogens with one attached hydrogen (secondary N) is 2. The van der Waals surface area contributed by atoms with Crippen molar-refractivity contribution in [1.82, 2.24) is 10.6 Å². The minimum atomic E-state index is -0.532. The van der Waals surface area contributed by atoms with Gasteiger partial charge in [0.2, 0.25) is 11.8 Å². The van der Waals surface area contributed by atoms with E-state index in [4.69, 9.17) is 16.9 Å². The molecule has 2 unspecified atom stereocenters. The lowest BCUT2D eigenvalue weighted by atomic mass is 9.77. The molecule has 2 amide bonds. The van der Waals surface area contributed by atoms with Gasteiger partial charge in [-0.15, -0.1) is 12.3 Å². The van der Waals surface area contributed by atoms with Crippen LogP contribution in [0.1, 0.15) is 83.6 Å². The molecular weight excluding hydrogens is 533 g/mol. The van der Waals surface area contributed by atoms with Gasteiger partial charge in [-0.25, -0.2) is 4.39 Å². The van der Waals surface area contributed by atoms with Gasteiger partial charge >= 0.3 is 0 Å². The Morgan fingerprint density at radius 3 is 2.71 bits per heavy atom. The zero-order valence-electron chi connectivity index (χ0n) is 25.2. The first-order chi connectivity index (χ1) is 20.1. The first-order valence-electron chi connectivity index (χ1n) is 15.3. The monoisotopic (exact) mass is 581 g/mol. The number of amides is 2. The van der Waals surface area contributed by atoms with Crippen molar-refractivity contribution in [1.29, 1.82) is 0 Å². The molecule has 230 valence electrons. The van der Waals surface area contributed by atoms with Gasteiger partial charge in [0.15, 0.2) is 0 Å². The van der Waals surface area contributed by atoms with Crippen molar-refractivity contribution < 1.29 is 23.8 Å². The standard InChI is InChI=1S/C34H48FN3O4/c1-4-9-26(32(36)41)12-14-31(40)37-18-6-7-19-42-30-21-25(20-28(35)22-30)11-13-29(39)24-38-34(16-17-34)27-10-8-15-33(3,5-2)23-27/h1,8,10,20-23,26,29,38-39H,5-7,9,11-19,24H2,2-3H3,(H2,36,41)(H,37,40)/t26?,29-,33?/m0/s1. The molecule has 1 aromatic rings. The van der Waals surface area contributed by atoms with Gasteiger partial charge in [0.05, 0.1) is 12.7 Å². The number of hydrogen-bond acceptors (Lipinski definition) is 5. The third kappa shape index (κ3) is 10.6. The Morgan fingerprint density at radius 2 is 2.02 bits per heavy atom. The van der Waals surface area contributed by atoms with Crippen LogP contribution >= 0.6 is 0 Å². The molecule has 8 heteroatoms. The summed E-state index contributed by atoms with van der Waals surface area (Å²) in [5, 5.41) is 17.1. The number of β-amino-alcohol motifs (C(OH)–C–C–N with tert-alkyl or cyclic N) is 1. The van der Waals surface area contributed by atoms with Crippen LogP contribution in [0, 0.1) is 29.5 Å². The molecule has 1 saturated carbocycles. The lowest BCUT2D eigenvalue weighted by Gasteiger charge is -2.31. The van der Waals surface area contributed by atoms with Crippen LogP contribution in [-0.4, -0.2) is 48.3 Å². The van der Waals surface area contributed by atoms with Crippen LogP contribution in [0.3, 0.4) is 0 Å². The molecule has 0 bridgehead atoms. The van der Waals surface area contributed by atoms with E-state index in [1.54, 1.807) is 0 Å². The maximum atomic E-state index is 14.3. The van der Waals surface area contributed by atoms with E-state index in [1.165, 1.54) is 17.7 Å². The third-order valence-corrected chi connectivity index (χ3v) is 8.52. The second-order valence-electron chi connectivity index (χ2n) is 12.1. The number of halogens is 1. The average Bonchev–Trinajstić information content (AvgIpc) is 3.76. The Morgan fingerprint density at radius 1 is 1.24 bits per heavy atom. The van der Waals surface area contributed by atoms with E-state index in [-0.39, 0.29) is 35.5 Å². The molecule has 1 fully saturated rings. The molecule has 0 saturated heterocycles. The Bertz CT molecular complexity index is 1170. The maximum absolute atomic E-state index is 14.3. The second kappa shape index (κ2) is 15.9. The van der Waals surface area contributed by atoms with Crippen molar-refractivity contribution in [2.45, 2.75) is 96.1 Å². The molecule has 5 N–H and O–H groups in total.